The van der Waals surface area contributed by atoms with Gasteiger partial charge in [0.1, 0.15) is 10.9 Å². The third kappa shape index (κ3) is 6.11. The zero-order chi connectivity index (χ0) is 23.4. The molecular weight excluding hydrogens is 546 g/mol. The van der Waals surface area contributed by atoms with Crippen LogP contribution in [0.5, 0.6) is 11.5 Å². The number of amides is 1. The quantitative estimate of drug-likeness (QED) is 0.269. The van der Waals surface area contributed by atoms with E-state index in [1.54, 1.807) is 4.90 Å². The summed E-state index contributed by atoms with van der Waals surface area (Å²) in [5.41, 5.74) is 1.77. The Balaban J connectivity index is 1.53. The van der Waals surface area contributed by atoms with E-state index in [0.717, 1.165) is 35.0 Å². The first-order chi connectivity index (χ1) is 15.9. The van der Waals surface area contributed by atoms with E-state index in [1.165, 1.54) is 11.8 Å². The molecule has 2 saturated heterocycles. The third-order valence-electron chi connectivity index (χ3n) is 5.19. The van der Waals surface area contributed by atoms with Gasteiger partial charge in [0.2, 0.25) is 0 Å². The van der Waals surface area contributed by atoms with E-state index in [9.17, 15) is 4.79 Å². The predicted molar refractivity (Wildman–Crippen MR) is 140 cm³/mol. The molecule has 174 valence electrons. The number of carbonyl (C=O) groups is 1. The van der Waals surface area contributed by atoms with Crippen molar-refractivity contribution in [3.8, 4) is 11.5 Å². The van der Waals surface area contributed by atoms with E-state index >= 15 is 0 Å². The van der Waals surface area contributed by atoms with Crippen molar-refractivity contribution >= 4 is 67.8 Å². The Morgan fingerprint density at radius 2 is 2.18 bits per heavy atom. The minimum Gasteiger partial charge on any atom is -0.490 e. The van der Waals surface area contributed by atoms with Gasteiger partial charge in [0.15, 0.2) is 11.5 Å². The highest BCUT2D eigenvalue weighted by atomic mass is 79.9. The summed E-state index contributed by atoms with van der Waals surface area (Å²) in [6.07, 6.45) is 3.87. The van der Waals surface area contributed by atoms with Crippen LogP contribution in [0.3, 0.4) is 0 Å². The Kier molecular flexibility index (Phi) is 8.35. The number of ether oxygens (including phenoxy) is 3. The normalized spacial score (nSPS) is 19.5. The van der Waals surface area contributed by atoms with E-state index in [1.807, 2.05) is 49.4 Å². The molecule has 0 N–H and O–H groups in total. The molecule has 0 aromatic heterocycles. The Morgan fingerprint density at radius 1 is 1.33 bits per heavy atom. The summed E-state index contributed by atoms with van der Waals surface area (Å²) in [5.74, 6) is 1.10. The highest BCUT2D eigenvalue weighted by Gasteiger charge is 2.34. The fraction of sp³-hybridized carbons (Fsp3) is 0.333. The zero-order valence-electron chi connectivity index (χ0n) is 18.0. The van der Waals surface area contributed by atoms with Crippen molar-refractivity contribution in [1.29, 1.82) is 0 Å². The lowest BCUT2D eigenvalue weighted by atomic mass is 10.1. The summed E-state index contributed by atoms with van der Waals surface area (Å²) >= 11 is 16.4. The number of nitrogens with zero attached hydrogens (tertiary/aromatic N) is 1. The van der Waals surface area contributed by atoms with Crippen LogP contribution < -0.4 is 9.47 Å². The molecule has 0 saturated carbocycles. The highest BCUT2D eigenvalue weighted by molar-refractivity contribution is 9.10. The van der Waals surface area contributed by atoms with Crippen LogP contribution in [0.1, 0.15) is 30.9 Å². The lowest BCUT2D eigenvalue weighted by Crippen LogP contribution is -2.35. The predicted octanol–water partition coefficient (Wildman–Crippen LogP) is 6.46. The highest BCUT2D eigenvalue weighted by Crippen LogP contribution is 2.40. The maximum atomic E-state index is 13.0. The maximum Gasteiger partial charge on any atom is 0.266 e. The summed E-state index contributed by atoms with van der Waals surface area (Å²) in [6.45, 7) is 3.99. The molecule has 33 heavy (non-hydrogen) atoms. The summed E-state index contributed by atoms with van der Waals surface area (Å²) in [6, 6.07) is 11.3. The van der Waals surface area contributed by atoms with Gasteiger partial charge in [-0.15, -0.1) is 0 Å². The van der Waals surface area contributed by atoms with Gasteiger partial charge in [0.25, 0.3) is 5.91 Å². The molecule has 2 aromatic rings. The summed E-state index contributed by atoms with van der Waals surface area (Å²) < 4.78 is 18.9. The van der Waals surface area contributed by atoms with Crippen LogP contribution in [-0.4, -0.2) is 41.0 Å². The lowest BCUT2D eigenvalue weighted by molar-refractivity contribution is -0.123. The number of hydrogen-bond donors (Lipinski definition) is 0. The second-order valence-corrected chi connectivity index (χ2v) is 10.6. The number of rotatable bonds is 8. The minimum absolute atomic E-state index is 0.0569. The van der Waals surface area contributed by atoms with Crippen molar-refractivity contribution in [3.05, 3.63) is 61.9 Å². The Hall–Kier alpha value is -1.58. The van der Waals surface area contributed by atoms with E-state index in [2.05, 4.69) is 15.9 Å². The molecule has 2 aliphatic rings. The van der Waals surface area contributed by atoms with Gasteiger partial charge in [-0.2, -0.15) is 0 Å². The molecule has 9 heteroatoms. The number of halogens is 2. The number of benzene rings is 2. The third-order valence-corrected chi connectivity index (χ3v) is 7.39. The second-order valence-electron chi connectivity index (χ2n) is 7.61. The van der Waals surface area contributed by atoms with Gasteiger partial charge in [-0.3, -0.25) is 9.69 Å². The molecule has 0 aliphatic carbocycles. The van der Waals surface area contributed by atoms with Crippen molar-refractivity contribution in [2.45, 2.75) is 32.5 Å². The molecule has 0 radical (unpaired) electrons. The minimum atomic E-state index is -0.0872. The Labute approximate surface area is 216 Å². The average molecular weight is 569 g/mol. The van der Waals surface area contributed by atoms with Crippen LogP contribution in [0.2, 0.25) is 5.02 Å². The van der Waals surface area contributed by atoms with Gasteiger partial charge < -0.3 is 14.2 Å². The molecule has 2 aliphatic heterocycles. The fourth-order valence-corrected chi connectivity index (χ4v) is 5.72. The van der Waals surface area contributed by atoms with Gasteiger partial charge in [-0.05, 0) is 77.2 Å². The standard InChI is InChI=1S/C24H23BrClNO4S2/c1-2-29-20-11-16(10-19(25)22(20)31-14-15-5-3-6-17(26)9-15)12-21-23(28)27(24(32)33-21)13-18-7-4-8-30-18/h3,5-6,9-12,18H,2,4,7-8,13-14H2,1H3/b21-12-/t18-/m0/s1. The maximum absolute atomic E-state index is 13.0. The van der Waals surface area contributed by atoms with E-state index in [4.69, 9.17) is 38.0 Å². The van der Waals surface area contributed by atoms with Gasteiger partial charge in [-0.25, -0.2) is 0 Å². The number of thiocarbonyl (C=S) groups is 1. The molecule has 1 atom stereocenters. The van der Waals surface area contributed by atoms with E-state index in [-0.39, 0.29) is 12.0 Å². The smallest absolute Gasteiger partial charge is 0.266 e. The molecule has 2 aromatic carbocycles. The molecule has 0 spiro atoms. The van der Waals surface area contributed by atoms with Crippen molar-refractivity contribution < 1.29 is 19.0 Å². The molecule has 0 bridgehead atoms. The van der Waals surface area contributed by atoms with Crippen LogP contribution in [0.4, 0.5) is 0 Å². The van der Waals surface area contributed by atoms with Crippen LogP contribution in [0.15, 0.2) is 45.8 Å². The summed E-state index contributed by atoms with van der Waals surface area (Å²) in [4.78, 5) is 15.2. The summed E-state index contributed by atoms with van der Waals surface area (Å²) in [5, 5.41) is 0.660. The van der Waals surface area contributed by atoms with Gasteiger partial charge >= 0.3 is 0 Å². The fourth-order valence-electron chi connectivity index (χ4n) is 3.66. The molecule has 2 heterocycles. The molecular formula is C24H23BrClNO4S2. The number of hydrogen-bond acceptors (Lipinski definition) is 6. The summed E-state index contributed by atoms with van der Waals surface area (Å²) in [7, 11) is 0. The Bertz CT molecular complexity index is 1090. The molecule has 4 rings (SSSR count). The van der Waals surface area contributed by atoms with Gasteiger partial charge in [0, 0.05) is 11.6 Å². The first-order valence-electron chi connectivity index (χ1n) is 10.6. The molecule has 2 fully saturated rings. The average Bonchev–Trinajstić information content (AvgIpc) is 3.38. The largest absolute Gasteiger partial charge is 0.490 e. The lowest BCUT2D eigenvalue weighted by Gasteiger charge is -2.18. The van der Waals surface area contributed by atoms with Gasteiger partial charge in [0.05, 0.1) is 28.6 Å². The van der Waals surface area contributed by atoms with Crippen molar-refractivity contribution in [3.63, 3.8) is 0 Å². The SMILES string of the molecule is CCOc1cc(/C=C2\SC(=S)N(C[C@@H]3CCCO3)C2=O)cc(Br)c1OCc1cccc(Cl)c1. The van der Waals surface area contributed by atoms with E-state index < -0.39 is 0 Å². The molecule has 5 nitrogen and oxygen atoms in total. The van der Waals surface area contributed by atoms with Crippen LogP contribution in [-0.2, 0) is 16.1 Å². The topological polar surface area (TPSA) is 48.0 Å². The van der Waals surface area contributed by atoms with Crippen LogP contribution in [0, 0.1) is 0 Å². The van der Waals surface area contributed by atoms with Crippen molar-refractivity contribution in [1.82, 2.24) is 4.90 Å². The van der Waals surface area contributed by atoms with Crippen molar-refractivity contribution in [2.75, 3.05) is 19.8 Å². The number of thioether (sulfide) groups is 1. The second kappa shape index (κ2) is 11.2. The van der Waals surface area contributed by atoms with Crippen LogP contribution in [0.25, 0.3) is 6.08 Å². The molecule has 1 amide bonds. The monoisotopic (exact) mass is 567 g/mol. The van der Waals surface area contributed by atoms with Crippen molar-refractivity contribution in [2.24, 2.45) is 0 Å². The zero-order valence-corrected chi connectivity index (χ0v) is 22.0. The molecule has 0 unspecified atom stereocenters. The van der Waals surface area contributed by atoms with E-state index in [0.29, 0.717) is 45.5 Å². The first kappa shape index (κ1) is 24.5. The van der Waals surface area contributed by atoms with Gasteiger partial charge in [-0.1, -0.05) is 47.7 Å². The first-order valence-corrected chi connectivity index (χ1v) is 13.0. The number of carbonyl (C=O) groups excluding carboxylic acids is 1. The van der Waals surface area contributed by atoms with Crippen LogP contribution >= 0.6 is 51.5 Å². The Morgan fingerprint density at radius 3 is 2.91 bits per heavy atom.